The molecule has 2 nitrogen and oxygen atoms in total. The number of carbonyl (C=O) groups excluding carboxylic acids is 1. The standard InChI is InChI=1S/C9H6F2O2/c10-8-6(13)3-4-1-2-5(12)7(4)9(8)11/h3,13H,1-2H2. The SMILES string of the molecule is O=C1CCc2cc(O)c(F)c(F)c21. The number of benzene rings is 1. The first kappa shape index (κ1) is 8.16. The second kappa shape index (κ2) is 2.52. The van der Waals surface area contributed by atoms with Crippen LogP contribution in [0.15, 0.2) is 6.07 Å². The molecule has 1 aliphatic rings. The zero-order chi connectivity index (χ0) is 9.59. The first-order chi connectivity index (χ1) is 6.11. The van der Waals surface area contributed by atoms with Crippen LogP contribution in [0, 0.1) is 11.6 Å². The highest BCUT2D eigenvalue weighted by atomic mass is 19.2. The number of Topliss-reactive ketones (excluding diaryl/α,β-unsaturated/α-hetero) is 1. The minimum absolute atomic E-state index is 0.190. The number of ketones is 1. The molecule has 0 aliphatic heterocycles. The van der Waals surface area contributed by atoms with Crippen LogP contribution in [0.4, 0.5) is 8.78 Å². The van der Waals surface area contributed by atoms with Crippen molar-refractivity contribution in [2.45, 2.75) is 12.8 Å². The van der Waals surface area contributed by atoms with E-state index < -0.39 is 23.2 Å². The van der Waals surface area contributed by atoms with Crippen molar-refractivity contribution in [1.29, 1.82) is 0 Å². The number of aromatic hydroxyl groups is 1. The van der Waals surface area contributed by atoms with Crippen molar-refractivity contribution in [3.63, 3.8) is 0 Å². The van der Waals surface area contributed by atoms with Gasteiger partial charge in [-0.2, -0.15) is 4.39 Å². The molecule has 0 saturated heterocycles. The number of hydrogen-bond acceptors (Lipinski definition) is 2. The molecule has 0 atom stereocenters. The van der Waals surface area contributed by atoms with Crippen molar-refractivity contribution < 1.29 is 18.7 Å². The Labute approximate surface area is 72.8 Å². The van der Waals surface area contributed by atoms with Crippen molar-refractivity contribution in [1.82, 2.24) is 0 Å². The molecule has 1 aliphatic carbocycles. The van der Waals surface area contributed by atoms with Crippen molar-refractivity contribution in [2.75, 3.05) is 0 Å². The van der Waals surface area contributed by atoms with E-state index in [2.05, 4.69) is 0 Å². The summed E-state index contributed by atoms with van der Waals surface area (Å²) in [6, 6.07) is 1.11. The van der Waals surface area contributed by atoms with Gasteiger partial charge < -0.3 is 5.11 Å². The molecule has 1 N–H and O–H groups in total. The Hall–Kier alpha value is -1.45. The fourth-order valence-electron chi connectivity index (χ4n) is 1.54. The van der Waals surface area contributed by atoms with Crippen LogP contribution in [-0.2, 0) is 6.42 Å². The van der Waals surface area contributed by atoms with Gasteiger partial charge in [-0.25, -0.2) is 4.39 Å². The van der Waals surface area contributed by atoms with Crippen LogP contribution in [0.1, 0.15) is 22.3 Å². The minimum Gasteiger partial charge on any atom is -0.505 e. The lowest BCUT2D eigenvalue weighted by Crippen LogP contribution is -1.99. The van der Waals surface area contributed by atoms with E-state index in [1.165, 1.54) is 0 Å². The molecule has 1 aromatic rings. The second-order valence-corrected chi connectivity index (χ2v) is 2.98. The molecule has 68 valence electrons. The highest BCUT2D eigenvalue weighted by Crippen LogP contribution is 2.31. The smallest absolute Gasteiger partial charge is 0.201 e. The van der Waals surface area contributed by atoms with Gasteiger partial charge in [-0.15, -0.1) is 0 Å². The van der Waals surface area contributed by atoms with E-state index in [0.717, 1.165) is 6.07 Å². The number of rotatable bonds is 0. The first-order valence-corrected chi connectivity index (χ1v) is 3.84. The third kappa shape index (κ3) is 1.02. The van der Waals surface area contributed by atoms with Crippen LogP contribution in [-0.4, -0.2) is 10.9 Å². The van der Waals surface area contributed by atoms with Crippen molar-refractivity contribution >= 4 is 5.78 Å². The Morgan fingerprint density at radius 3 is 2.62 bits per heavy atom. The van der Waals surface area contributed by atoms with Crippen LogP contribution in [0.25, 0.3) is 0 Å². The third-order valence-electron chi connectivity index (χ3n) is 2.17. The lowest BCUT2D eigenvalue weighted by molar-refractivity contribution is 0.0990. The lowest BCUT2D eigenvalue weighted by Gasteiger charge is -2.02. The number of phenols is 1. The molecule has 13 heavy (non-hydrogen) atoms. The maximum absolute atomic E-state index is 13.1. The Morgan fingerprint density at radius 1 is 1.23 bits per heavy atom. The highest BCUT2D eigenvalue weighted by Gasteiger charge is 2.27. The van der Waals surface area contributed by atoms with Gasteiger partial charge in [0.25, 0.3) is 0 Å². The summed E-state index contributed by atoms with van der Waals surface area (Å²) in [5, 5.41) is 8.92. The van der Waals surface area contributed by atoms with Gasteiger partial charge in [0, 0.05) is 6.42 Å². The molecule has 0 unspecified atom stereocenters. The predicted octanol–water partition coefficient (Wildman–Crippen LogP) is 1.80. The zero-order valence-corrected chi connectivity index (χ0v) is 6.60. The molecule has 2 rings (SSSR count). The molecule has 0 saturated carbocycles. The molecule has 0 amide bonds. The molecule has 1 aromatic carbocycles. The quantitative estimate of drug-likeness (QED) is 0.667. The number of halogens is 2. The molecule has 0 radical (unpaired) electrons. The maximum atomic E-state index is 13.1. The minimum atomic E-state index is -1.34. The van der Waals surface area contributed by atoms with E-state index in [0.29, 0.717) is 12.0 Å². The number of hydrogen-bond donors (Lipinski definition) is 1. The van der Waals surface area contributed by atoms with E-state index >= 15 is 0 Å². The zero-order valence-electron chi connectivity index (χ0n) is 6.60. The van der Waals surface area contributed by atoms with Crippen LogP contribution in [0.5, 0.6) is 5.75 Å². The van der Waals surface area contributed by atoms with Crippen LogP contribution >= 0.6 is 0 Å². The van der Waals surface area contributed by atoms with Gasteiger partial charge in [0.05, 0.1) is 5.56 Å². The normalized spacial score (nSPS) is 14.8. The Kier molecular flexibility index (Phi) is 1.58. The van der Waals surface area contributed by atoms with Crippen LogP contribution in [0.2, 0.25) is 0 Å². The third-order valence-corrected chi connectivity index (χ3v) is 2.17. The van der Waals surface area contributed by atoms with Crippen molar-refractivity contribution in [2.24, 2.45) is 0 Å². The van der Waals surface area contributed by atoms with E-state index in [1.54, 1.807) is 0 Å². The van der Waals surface area contributed by atoms with E-state index in [4.69, 9.17) is 5.11 Å². The summed E-state index contributed by atoms with van der Waals surface area (Å²) in [6.07, 6.45) is 0.564. The fourth-order valence-corrected chi connectivity index (χ4v) is 1.54. The number of phenolic OH excluding ortho intramolecular Hbond substituents is 1. The molecule has 0 heterocycles. The Balaban J connectivity index is 2.75. The van der Waals surface area contributed by atoms with Gasteiger partial charge in [-0.3, -0.25) is 4.79 Å². The van der Waals surface area contributed by atoms with Gasteiger partial charge in [0.1, 0.15) is 0 Å². The molecule has 0 spiro atoms. The molecular formula is C9H6F2O2. The van der Waals surface area contributed by atoms with Crippen LogP contribution in [0.3, 0.4) is 0 Å². The van der Waals surface area contributed by atoms with Gasteiger partial charge in [0.15, 0.2) is 17.3 Å². The van der Waals surface area contributed by atoms with E-state index in [-0.39, 0.29) is 12.0 Å². The average Bonchev–Trinajstić information content (AvgIpc) is 2.43. The highest BCUT2D eigenvalue weighted by molar-refractivity contribution is 6.00. The molecule has 0 bridgehead atoms. The summed E-state index contributed by atoms with van der Waals surface area (Å²) in [4.78, 5) is 11.1. The second-order valence-electron chi connectivity index (χ2n) is 2.98. The summed E-state index contributed by atoms with van der Waals surface area (Å²) >= 11 is 0. The largest absolute Gasteiger partial charge is 0.505 e. The molecule has 4 heteroatoms. The van der Waals surface area contributed by atoms with Gasteiger partial charge in [-0.05, 0) is 18.1 Å². The number of fused-ring (bicyclic) bond motifs is 1. The van der Waals surface area contributed by atoms with Crippen LogP contribution < -0.4 is 0 Å². The molecule has 0 fully saturated rings. The van der Waals surface area contributed by atoms with Crippen molar-refractivity contribution in [3.8, 4) is 5.75 Å². The topological polar surface area (TPSA) is 37.3 Å². The fraction of sp³-hybridized carbons (Fsp3) is 0.222. The van der Waals surface area contributed by atoms with E-state index in [9.17, 15) is 13.6 Å². The Bertz CT molecular complexity index is 399. The number of aryl methyl sites for hydroxylation is 1. The van der Waals surface area contributed by atoms with Crippen molar-refractivity contribution in [3.05, 3.63) is 28.8 Å². The molecule has 0 aromatic heterocycles. The maximum Gasteiger partial charge on any atom is 0.201 e. The monoisotopic (exact) mass is 184 g/mol. The summed E-state index contributed by atoms with van der Waals surface area (Å²) in [7, 11) is 0. The van der Waals surface area contributed by atoms with Gasteiger partial charge in [0.2, 0.25) is 5.82 Å². The first-order valence-electron chi connectivity index (χ1n) is 3.84. The molecular weight excluding hydrogens is 178 g/mol. The van der Waals surface area contributed by atoms with E-state index in [1.807, 2.05) is 0 Å². The summed E-state index contributed by atoms with van der Waals surface area (Å²) in [5.74, 6) is -3.69. The van der Waals surface area contributed by atoms with Gasteiger partial charge >= 0.3 is 0 Å². The number of carbonyl (C=O) groups is 1. The average molecular weight is 184 g/mol. The summed E-state index contributed by atoms with van der Waals surface area (Å²) in [5.41, 5.74) is 0.191. The predicted molar refractivity (Wildman–Crippen MR) is 40.7 cm³/mol. The van der Waals surface area contributed by atoms with Gasteiger partial charge in [-0.1, -0.05) is 0 Å². The summed E-state index contributed by atoms with van der Waals surface area (Å²) in [6.45, 7) is 0. The lowest BCUT2D eigenvalue weighted by atomic mass is 10.1. The Morgan fingerprint density at radius 2 is 1.92 bits per heavy atom. The summed E-state index contributed by atoms with van der Waals surface area (Å²) < 4.78 is 25.8.